The molecule has 1 aliphatic rings. The molecule has 2 N–H and O–H groups in total. The largest absolute Gasteiger partial charge is 0.374 e. The van der Waals surface area contributed by atoms with Gasteiger partial charge in [-0.05, 0) is 6.07 Å². The number of aryl methyl sites for hydroxylation is 1. The monoisotopic (exact) mass is 359 g/mol. The topological polar surface area (TPSA) is 89.8 Å². The van der Waals surface area contributed by atoms with Crippen LogP contribution in [0.4, 0.5) is 5.82 Å². The van der Waals surface area contributed by atoms with Crippen molar-refractivity contribution in [2.24, 2.45) is 7.05 Å². The molecular weight excluding hydrogens is 338 g/mol. The second-order valence-electron chi connectivity index (χ2n) is 5.76. The average molecular weight is 359 g/mol. The van der Waals surface area contributed by atoms with E-state index in [9.17, 15) is 0 Å². The van der Waals surface area contributed by atoms with Crippen LogP contribution in [-0.2, 0) is 11.8 Å². The van der Waals surface area contributed by atoms with Gasteiger partial charge in [0.15, 0.2) is 5.82 Å². The van der Waals surface area contributed by atoms with Crippen LogP contribution >= 0.6 is 13.5 Å². The van der Waals surface area contributed by atoms with Gasteiger partial charge in [0.05, 0.1) is 30.1 Å². The number of pyridine rings is 1. The maximum absolute atomic E-state index is 5.73. The molecule has 1 fully saturated rings. The third-order valence-corrected chi connectivity index (χ3v) is 3.96. The normalized spacial score (nSPS) is 17.2. The minimum absolute atomic E-state index is 0. The highest BCUT2D eigenvalue weighted by atomic mass is 32.1. The minimum Gasteiger partial charge on any atom is -0.374 e. The van der Waals surface area contributed by atoms with Gasteiger partial charge >= 0.3 is 0 Å². The van der Waals surface area contributed by atoms with E-state index in [-0.39, 0.29) is 19.6 Å². The summed E-state index contributed by atoms with van der Waals surface area (Å²) >= 11 is 0. The number of nitrogens with zero attached hydrogens (tertiary/aromatic N) is 5. The van der Waals surface area contributed by atoms with Crippen molar-refractivity contribution in [1.82, 2.24) is 30.0 Å². The third kappa shape index (κ3) is 3.89. The van der Waals surface area contributed by atoms with Crippen molar-refractivity contribution in [2.45, 2.75) is 6.10 Å². The van der Waals surface area contributed by atoms with E-state index in [1.807, 2.05) is 19.3 Å². The van der Waals surface area contributed by atoms with Gasteiger partial charge < -0.3 is 15.4 Å². The number of morpholine rings is 1. The van der Waals surface area contributed by atoms with Crippen LogP contribution in [0.1, 0.15) is 0 Å². The van der Waals surface area contributed by atoms with Gasteiger partial charge in [-0.3, -0.25) is 9.67 Å². The Labute approximate surface area is 152 Å². The van der Waals surface area contributed by atoms with Crippen LogP contribution in [0.3, 0.4) is 0 Å². The summed E-state index contributed by atoms with van der Waals surface area (Å²) < 4.78 is 7.48. The van der Waals surface area contributed by atoms with E-state index in [0.717, 1.165) is 42.0 Å². The van der Waals surface area contributed by atoms with Gasteiger partial charge in [-0.15, -0.1) is 0 Å². The summed E-state index contributed by atoms with van der Waals surface area (Å²) in [4.78, 5) is 13.6. The second kappa shape index (κ2) is 7.77. The van der Waals surface area contributed by atoms with E-state index in [1.54, 1.807) is 23.3 Å². The molecule has 4 rings (SSSR count). The third-order valence-electron chi connectivity index (χ3n) is 3.96. The Morgan fingerprint density at radius 3 is 3.00 bits per heavy atom. The number of hydrogen-bond donors (Lipinski definition) is 2. The highest BCUT2D eigenvalue weighted by Gasteiger charge is 2.15. The molecule has 3 aromatic rings. The van der Waals surface area contributed by atoms with Gasteiger partial charge in [0.25, 0.3) is 0 Å². The molecule has 0 bridgehead atoms. The lowest BCUT2D eigenvalue weighted by atomic mass is 10.2. The highest BCUT2D eigenvalue weighted by Crippen LogP contribution is 2.25. The molecular formula is C16H21N7OS. The summed E-state index contributed by atoms with van der Waals surface area (Å²) in [6, 6.07) is 1.93. The predicted octanol–water partition coefficient (Wildman–Crippen LogP) is 0.938. The fourth-order valence-electron chi connectivity index (χ4n) is 2.76. The van der Waals surface area contributed by atoms with Crippen molar-refractivity contribution < 1.29 is 4.74 Å². The van der Waals surface area contributed by atoms with Crippen LogP contribution in [0.15, 0.2) is 30.9 Å². The van der Waals surface area contributed by atoms with Gasteiger partial charge in [0.1, 0.15) is 5.52 Å². The molecule has 3 aromatic heterocycles. The van der Waals surface area contributed by atoms with E-state index >= 15 is 0 Å². The van der Waals surface area contributed by atoms with Gasteiger partial charge in [-0.25, -0.2) is 9.97 Å². The fraction of sp³-hybridized carbons (Fsp3) is 0.375. The predicted molar refractivity (Wildman–Crippen MR) is 101 cm³/mol. The first-order valence-corrected chi connectivity index (χ1v) is 7.96. The Hall–Kier alpha value is -2.23. The van der Waals surface area contributed by atoms with Crippen LogP contribution in [0, 0.1) is 0 Å². The summed E-state index contributed by atoms with van der Waals surface area (Å²) in [6.45, 7) is 3.14. The first kappa shape index (κ1) is 17.6. The molecule has 0 saturated carbocycles. The Morgan fingerprint density at radius 2 is 2.24 bits per heavy atom. The zero-order chi connectivity index (χ0) is 16.4. The summed E-state index contributed by atoms with van der Waals surface area (Å²) in [5, 5.41) is 10.9. The van der Waals surface area contributed by atoms with Crippen LogP contribution in [0.25, 0.3) is 22.3 Å². The van der Waals surface area contributed by atoms with Gasteiger partial charge in [-0.2, -0.15) is 18.6 Å². The number of fused-ring (bicyclic) bond motifs is 1. The van der Waals surface area contributed by atoms with Gasteiger partial charge in [0.2, 0.25) is 0 Å². The zero-order valence-electron chi connectivity index (χ0n) is 13.9. The standard InChI is InChI=1S/C16H19N7O.H2S/c1-23-10-11(7-21-23)13-6-14-15(19-3-2-18-14)16(22-13)20-9-12-8-17-4-5-24-12;/h2-3,6-7,10,12,17H,4-5,8-9H2,1H3,(H,20,22);1H2/t12-;/m0./s1. The molecule has 0 unspecified atom stereocenters. The molecule has 0 amide bonds. The Morgan fingerprint density at radius 1 is 1.36 bits per heavy atom. The molecule has 1 atom stereocenters. The summed E-state index contributed by atoms with van der Waals surface area (Å²) in [7, 11) is 1.89. The molecule has 132 valence electrons. The average Bonchev–Trinajstić information content (AvgIpc) is 3.07. The van der Waals surface area contributed by atoms with E-state index in [0.29, 0.717) is 12.4 Å². The van der Waals surface area contributed by atoms with Gasteiger partial charge in [0, 0.05) is 50.8 Å². The van der Waals surface area contributed by atoms with Crippen molar-refractivity contribution in [1.29, 1.82) is 0 Å². The molecule has 1 aliphatic heterocycles. The molecule has 0 radical (unpaired) electrons. The molecule has 4 heterocycles. The quantitative estimate of drug-likeness (QED) is 0.716. The van der Waals surface area contributed by atoms with Crippen LogP contribution in [0.2, 0.25) is 0 Å². The SMILES string of the molecule is Cn1cc(-c2cc3nccnc3c(NC[C@@H]3CNCCO3)n2)cn1.S. The van der Waals surface area contributed by atoms with Crippen molar-refractivity contribution in [3.63, 3.8) is 0 Å². The summed E-state index contributed by atoms with van der Waals surface area (Å²) in [6.07, 6.45) is 7.21. The number of nitrogens with one attached hydrogen (secondary N) is 2. The minimum atomic E-state index is 0. The van der Waals surface area contributed by atoms with E-state index in [2.05, 4.69) is 25.7 Å². The summed E-state index contributed by atoms with van der Waals surface area (Å²) in [5.41, 5.74) is 3.33. The van der Waals surface area contributed by atoms with Crippen molar-refractivity contribution >= 4 is 30.3 Å². The first-order chi connectivity index (χ1) is 11.8. The smallest absolute Gasteiger partial charge is 0.154 e. The number of rotatable bonds is 4. The van der Waals surface area contributed by atoms with Crippen LogP contribution < -0.4 is 10.6 Å². The van der Waals surface area contributed by atoms with Crippen LogP contribution in [0.5, 0.6) is 0 Å². The lowest BCUT2D eigenvalue weighted by Crippen LogP contribution is -2.42. The Balaban J connectivity index is 0.00000182. The molecule has 0 aliphatic carbocycles. The molecule has 25 heavy (non-hydrogen) atoms. The van der Waals surface area contributed by atoms with E-state index in [1.165, 1.54) is 0 Å². The number of hydrogen-bond acceptors (Lipinski definition) is 7. The number of anilines is 1. The van der Waals surface area contributed by atoms with Gasteiger partial charge in [-0.1, -0.05) is 0 Å². The second-order valence-corrected chi connectivity index (χ2v) is 5.76. The lowest BCUT2D eigenvalue weighted by Gasteiger charge is -2.24. The Bertz CT molecular complexity index is 847. The fourth-order valence-corrected chi connectivity index (χ4v) is 2.76. The van der Waals surface area contributed by atoms with E-state index < -0.39 is 0 Å². The molecule has 8 nitrogen and oxygen atoms in total. The number of aromatic nitrogens is 5. The maximum Gasteiger partial charge on any atom is 0.154 e. The molecule has 9 heteroatoms. The van der Waals surface area contributed by atoms with Crippen molar-refractivity contribution in [3.8, 4) is 11.3 Å². The number of ether oxygens (including phenoxy) is 1. The maximum atomic E-state index is 5.73. The molecule has 0 aromatic carbocycles. The lowest BCUT2D eigenvalue weighted by molar-refractivity contribution is 0.0372. The Kier molecular flexibility index (Phi) is 5.47. The van der Waals surface area contributed by atoms with Crippen molar-refractivity contribution in [3.05, 3.63) is 30.9 Å². The zero-order valence-corrected chi connectivity index (χ0v) is 14.9. The first-order valence-electron chi connectivity index (χ1n) is 7.96. The molecule has 1 saturated heterocycles. The molecule has 0 spiro atoms. The van der Waals surface area contributed by atoms with Crippen molar-refractivity contribution in [2.75, 3.05) is 31.6 Å². The highest BCUT2D eigenvalue weighted by molar-refractivity contribution is 7.59. The van der Waals surface area contributed by atoms with E-state index in [4.69, 9.17) is 9.72 Å². The summed E-state index contributed by atoms with van der Waals surface area (Å²) in [5.74, 6) is 0.716. The van der Waals surface area contributed by atoms with Crippen LogP contribution in [-0.4, -0.2) is 57.1 Å².